The Bertz CT molecular complexity index is 905. The van der Waals surface area contributed by atoms with Crippen molar-refractivity contribution in [3.05, 3.63) is 59.2 Å². The fourth-order valence-electron chi connectivity index (χ4n) is 2.74. The van der Waals surface area contributed by atoms with Gasteiger partial charge in [0.1, 0.15) is 0 Å². The van der Waals surface area contributed by atoms with Crippen molar-refractivity contribution in [2.45, 2.75) is 39.7 Å². The number of aromatic nitrogens is 2. The van der Waals surface area contributed by atoms with Crippen LogP contribution in [0.4, 0.5) is 5.95 Å². The van der Waals surface area contributed by atoms with Crippen molar-refractivity contribution in [2.75, 3.05) is 11.9 Å². The standard InChI is InChI=1S/C21H25N3O2/c1-5-26-19(25)15-8-11-17-18(12-15)24-20(23-17)22-13-14-6-9-16(10-7-14)21(2,3)4/h6-12H,5,13H2,1-4H3,(H2,22,23,24). The Labute approximate surface area is 153 Å². The second-order valence-electron chi connectivity index (χ2n) is 7.34. The number of carbonyl (C=O) groups excluding carboxylic acids is 1. The van der Waals surface area contributed by atoms with E-state index in [0.29, 0.717) is 24.7 Å². The number of fused-ring (bicyclic) bond motifs is 1. The summed E-state index contributed by atoms with van der Waals surface area (Å²) in [5.41, 5.74) is 4.79. The van der Waals surface area contributed by atoms with Crippen molar-refractivity contribution in [2.24, 2.45) is 0 Å². The van der Waals surface area contributed by atoms with Gasteiger partial charge >= 0.3 is 5.97 Å². The van der Waals surface area contributed by atoms with Crippen molar-refractivity contribution in [1.29, 1.82) is 0 Å². The molecule has 1 aromatic heterocycles. The maximum atomic E-state index is 11.8. The zero-order valence-corrected chi connectivity index (χ0v) is 15.7. The SMILES string of the molecule is CCOC(=O)c1ccc2nc(NCc3ccc(C(C)(C)C)cc3)[nH]c2c1. The summed E-state index contributed by atoms with van der Waals surface area (Å²) >= 11 is 0. The zero-order valence-electron chi connectivity index (χ0n) is 15.7. The minimum Gasteiger partial charge on any atom is -0.462 e. The lowest BCUT2D eigenvalue weighted by atomic mass is 9.87. The van der Waals surface area contributed by atoms with Gasteiger partial charge in [-0.15, -0.1) is 0 Å². The average Bonchev–Trinajstić information content (AvgIpc) is 3.02. The van der Waals surface area contributed by atoms with E-state index in [1.54, 1.807) is 19.1 Å². The maximum Gasteiger partial charge on any atom is 0.338 e. The van der Waals surface area contributed by atoms with Crippen LogP contribution in [-0.2, 0) is 16.7 Å². The maximum absolute atomic E-state index is 11.8. The van der Waals surface area contributed by atoms with Gasteiger partial charge in [0, 0.05) is 6.54 Å². The lowest BCUT2D eigenvalue weighted by Gasteiger charge is -2.19. The first kappa shape index (κ1) is 18.0. The molecular weight excluding hydrogens is 326 g/mol. The van der Waals surface area contributed by atoms with Gasteiger partial charge in [-0.25, -0.2) is 9.78 Å². The van der Waals surface area contributed by atoms with Gasteiger partial charge in [0.25, 0.3) is 0 Å². The predicted molar refractivity (Wildman–Crippen MR) is 105 cm³/mol. The highest BCUT2D eigenvalue weighted by Gasteiger charge is 2.13. The Balaban J connectivity index is 1.70. The first-order chi connectivity index (χ1) is 12.4. The molecule has 0 radical (unpaired) electrons. The molecule has 5 heteroatoms. The van der Waals surface area contributed by atoms with Crippen LogP contribution < -0.4 is 5.32 Å². The van der Waals surface area contributed by atoms with E-state index in [-0.39, 0.29) is 11.4 Å². The molecule has 0 amide bonds. The Kier molecular flexibility index (Phi) is 4.98. The number of nitrogens with zero attached hydrogens (tertiary/aromatic N) is 1. The summed E-state index contributed by atoms with van der Waals surface area (Å²) in [4.78, 5) is 19.6. The molecule has 0 fully saturated rings. The monoisotopic (exact) mass is 351 g/mol. The molecule has 0 saturated heterocycles. The lowest BCUT2D eigenvalue weighted by Crippen LogP contribution is -2.11. The second kappa shape index (κ2) is 7.20. The topological polar surface area (TPSA) is 67.0 Å². The minimum absolute atomic E-state index is 0.154. The number of H-pyrrole nitrogens is 1. The first-order valence-corrected chi connectivity index (χ1v) is 8.87. The largest absolute Gasteiger partial charge is 0.462 e. The van der Waals surface area contributed by atoms with Crippen molar-refractivity contribution < 1.29 is 9.53 Å². The molecule has 0 aliphatic carbocycles. The molecular formula is C21H25N3O2. The van der Waals surface area contributed by atoms with Crippen LogP contribution in [0.3, 0.4) is 0 Å². The molecule has 0 bridgehead atoms. The van der Waals surface area contributed by atoms with Crippen molar-refractivity contribution in [1.82, 2.24) is 9.97 Å². The third-order valence-electron chi connectivity index (χ3n) is 4.27. The number of anilines is 1. The molecule has 2 N–H and O–H groups in total. The smallest absolute Gasteiger partial charge is 0.338 e. The number of benzene rings is 2. The molecule has 0 unspecified atom stereocenters. The highest BCUT2D eigenvalue weighted by molar-refractivity contribution is 5.94. The van der Waals surface area contributed by atoms with Crippen LogP contribution in [-0.4, -0.2) is 22.5 Å². The highest BCUT2D eigenvalue weighted by Crippen LogP contribution is 2.22. The summed E-state index contributed by atoms with van der Waals surface area (Å²) in [5, 5.41) is 3.30. The molecule has 0 aliphatic rings. The molecule has 3 aromatic rings. The predicted octanol–water partition coefficient (Wildman–Crippen LogP) is 4.65. The van der Waals surface area contributed by atoms with E-state index in [0.717, 1.165) is 11.0 Å². The molecule has 0 saturated carbocycles. The zero-order chi connectivity index (χ0) is 18.7. The fourth-order valence-corrected chi connectivity index (χ4v) is 2.74. The van der Waals surface area contributed by atoms with Crippen LogP contribution in [0, 0.1) is 0 Å². The van der Waals surface area contributed by atoms with Crippen molar-refractivity contribution in [3.8, 4) is 0 Å². The lowest BCUT2D eigenvalue weighted by molar-refractivity contribution is 0.0526. The molecule has 5 nitrogen and oxygen atoms in total. The number of hydrogen-bond acceptors (Lipinski definition) is 4. The Morgan fingerprint density at radius 3 is 2.54 bits per heavy atom. The summed E-state index contributed by atoms with van der Waals surface area (Å²) in [6, 6.07) is 13.9. The first-order valence-electron chi connectivity index (χ1n) is 8.87. The van der Waals surface area contributed by atoms with Crippen LogP contribution in [0.5, 0.6) is 0 Å². The van der Waals surface area contributed by atoms with E-state index >= 15 is 0 Å². The third kappa shape index (κ3) is 4.04. The van der Waals surface area contributed by atoms with Crippen LogP contribution in [0.2, 0.25) is 0 Å². The Morgan fingerprint density at radius 1 is 1.15 bits per heavy atom. The van der Waals surface area contributed by atoms with Gasteiger partial charge in [-0.3, -0.25) is 0 Å². The number of imidazole rings is 1. The van der Waals surface area contributed by atoms with Gasteiger partial charge in [-0.2, -0.15) is 0 Å². The summed E-state index contributed by atoms with van der Waals surface area (Å²) in [5.74, 6) is 0.360. The van der Waals surface area contributed by atoms with Gasteiger partial charge in [-0.1, -0.05) is 45.0 Å². The van der Waals surface area contributed by atoms with Crippen LogP contribution in [0.15, 0.2) is 42.5 Å². The molecule has 1 heterocycles. The normalized spacial score (nSPS) is 11.5. The van der Waals surface area contributed by atoms with E-state index in [2.05, 4.69) is 60.3 Å². The third-order valence-corrected chi connectivity index (χ3v) is 4.27. The van der Waals surface area contributed by atoms with Gasteiger partial charge < -0.3 is 15.0 Å². The number of ether oxygens (including phenoxy) is 1. The van der Waals surface area contributed by atoms with E-state index in [9.17, 15) is 4.79 Å². The van der Waals surface area contributed by atoms with Gasteiger partial charge in [0.2, 0.25) is 5.95 Å². The minimum atomic E-state index is -0.322. The van der Waals surface area contributed by atoms with Crippen LogP contribution >= 0.6 is 0 Å². The highest BCUT2D eigenvalue weighted by atomic mass is 16.5. The Hall–Kier alpha value is -2.82. The molecule has 0 spiro atoms. The summed E-state index contributed by atoms with van der Waals surface area (Å²) in [6.07, 6.45) is 0. The fraction of sp³-hybridized carbons (Fsp3) is 0.333. The number of aromatic amines is 1. The number of esters is 1. The molecule has 0 atom stereocenters. The molecule has 3 rings (SSSR count). The summed E-state index contributed by atoms with van der Waals surface area (Å²) in [6.45, 7) is 9.45. The quantitative estimate of drug-likeness (QED) is 0.657. The van der Waals surface area contributed by atoms with Crippen molar-refractivity contribution >= 4 is 23.0 Å². The van der Waals surface area contributed by atoms with E-state index in [4.69, 9.17) is 4.74 Å². The summed E-state index contributed by atoms with van der Waals surface area (Å²) < 4.78 is 5.03. The van der Waals surface area contributed by atoms with Crippen LogP contribution in [0.25, 0.3) is 11.0 Å². The molecule has 0 aliphatic heterocycles. The van der Waals surface area contributed by atoms with Crippen LogP contribution in [0.1, 0.15) is 49.2 Å². The summed E-state index contributed by atoms with van der Waals surface area (Å²) in [7, 11) is 0. The number of rotatable bonds is 5. The second-order valence-corrected chi connectivity index (χ2v) is 7.34. The number of nitrogens with one attached hydrogen (secondary N) is 2. The van der Waals surface area contributed by atoms with Gasteiger partial charge in [0.05, 0.1) is 23.2 Å². The molecule has 2 aromatic carbocycles. The molecule has 136 valence electrons. The number of hydrogen-bond donors (Lipinski definition) is 2. The average molecular weight is 351 g/mol. The van der Waals surface area contributed by atoms with Crippen molar-refractivity contribution in [3.63, 3.8) is 0 Å². The van der Waals surface area contributed by atoms with Gasteiger partial charge in [0.15, 0.2) is 0 Å². The Morgan fingerprint density at radius 2 is 1.88 bits per heavy atom. The van der Waals surface area contributed by atoms with E-state index in [1.807, 2.05) is 6.07 Å². The van der Waals surface area contributed by atoms with Gasteiger partial charge in [-0.05, 0) is 41.7 Å². The van der Waals surface area contributed by atoms with E-state index < -0.39 is 0 Å². The molecule has 26 heavy (non-hydrogen) atoms. The van der Waals surface area contributed by atoms with E-state index in [1.165, 1.54) is 11.1 Å². The number of carbonyl (C=O) groups is 1.